The number of carbonyl (C=O) groups is 3. The van der Waals surface area contributed by atoms with Gasteiger partial charge in [0.15, 0.2) is 0 Å². The molecule has 0 unspecified atom stereocenters. The molecule has 1 saturated heterocycles. The summed E-state index contributed by atoms with van der Waals surface area (Å²) in [7, 11) is 0. The van der Waals surface area contributed by atoms with Gasteiger partial charge in [-0.2, -0.15) is 0 Å². The van der Waals surface area contributed by atoms with Crippen molar-refractivity contribution < 1.29 is 28.8 Å². The van der Waals surface area contributed by atoms with Crippen LogP contribution in [0.2, 0.25) is 0 Å². The normalized spacial score (nSPS) is 15.0. The average molecular weight is 335 g/mol. The number of carbonyl (C=O) groups excluding carboxylic acids is 3. The molecule has 126 valence electrons. The summed E-state index contributed by atoms with van der Waals surface area (Å²) < 4.78 is 10.0. The van der Waals surface area contributed by atoms with E-state index in [9.17, 15) is 24.5 Å². The van der Waals surface area contributed by atoms with Crippen LogP contribution in [0.1, 0.15) is 12.5 Å². The minimum absolute atomic E-state index is 0.0290. The van der Waals surface area contributed by atoms with Crippen molar-refractivity contribution in [2.75, 3.05) is 13.2 Å². The van der Waals surface area contributed by atoms with Gasteiger partial charge in [-0.05, 0) is 18.2 Å². The van der Waals surface area contributed by atoms with Crippen molar-refractivity contribution in [2.24, 2.45) is 0 Å². The Kier molecular flexibility index (Phi) is 5.09. The number of amides is 3. The third kappa shape index (κ3) is 4.29. The van der Waals surface area contributed by atoms with Gasteiger partial charge in [-0.25, -0.2) is 4.79 Å². The summed E-state index contributed by atoms with van der Waals surface area (Å²) in [5.74, 6) is -0.851. The molecule has 0 aromatic heterocycles. The maximum absolute atomic E-state index is 11.5. The number of nitrogens with zero attached hydrogens (tertiary/aromatic N) is 1. The van der Waals surface area contributed by atoms with Crippen LogP contribution >= 0.6 is 0 Å². The Morgan fingerprint density at radius 1 is 1.29 bits per heavy atom. The fourth-order valence-electron chi connectivity index (χ4n) is 1.89. The first-order valence-electron chi connectivity index (χ1n) is 6.75. The minimum Gasteiger partial charge on any atom is -0.490 e. The van der Waals surface area contributed by atoms with E-state index in [4.69, 9.17) is 9.47 Å². The number of esters is 1. The van der Waals surface area contributed by atoms with Crippen LogP contribution in [0, 0.1) is 10.1 Å². The van der Waals surface area contributed by atoms with Crippen LogP contribution in [0.3, 0.4) is 0 Å². The molecule has 1 fully saturated rings. The second-order valence-electron chi connectivity index (χ2n) is 4.63. The monoisotopic (exact) mass is 335 g/mol. The predicted octanol–water partition coefficient (Wildman–Crippen LogP) is 0.717. The standard InChI is InChI=1S/C14H13N3O7/c1-8(18)23-4-5-24-10-2-3-12(17(21)22)9(6-10)7-11-13(19)16-14(20)15-11/h2-3,6-7H,4-5H2,1H3,(H2,15,16,19,20). The Hall–Kier alpha value is -3.43. The maximum atomic E-state index is 11.5. The second kappa shape index (κ2) is 7.22. The molecule has 2 rings (SSSR count). The molecule has 24 heavy (non-hydrogen) atoms. The number of nitro groups is 1. The maximum Gasteiger partial charge on any atom is 0.326 e. The number of ether oxygens (including phenoxy) is 2. The minimum atomic E-state index is -0.706. The van der Waals surface area contributed by atoms with Crippen molar-refractivity contribution in [3.8, 4) is 5.75 Å². The molecule has 10 heteroatoms. The van der Waals surface area contributed by atoms with Gasteiger partial charge in [0.1, 0.15) is 24.7 Å². The van der Waals surface area contributed by atoms with Crippen molar-refractivity contribution in [1.82, 2.24) is 10.6 Å². The molecule has 0 atom stereocenters. The van der Waals surface area contributed by atoms with E-state index in [-0.39, 0.29) is 35.9 Å². The zero-order valence-corrected chi connectivity index (χ0v) is 12.5. The molecule has 0 spiro atoms. The Balaban J connectivity index is 2.21. The number of hydrogen-bond donors (Lipinski definition) is 2. The molecule has 2 N–H and O–H groups in total. The number of nitrogens with one attached hydrogen (secondary N) is 2. The fourth-order valence-corrected chi connectivity index (χ4v) is 1.89. The van der Waals surface area contributed by atoms with E-state index in [0.717, 1.165) is 0 Å². The van der Waals surface area contributed by atoms with Crippen LogP contribution in [-0.4, -0.2) is 36.0 Å². The number of rotatable bonds is 6. The molecule has 1 aliphatic heterocycles. The number of urea groups is 1. The summed E-state index contributed by atoms with van der Waals surface area (Å²) in [6.07, 6.45) is 1.18. The smallest absolute Gasteiger partial charge is 0.326 e. The van der Waals surface area contributed by atoms with Crippen LogP contribution in [0.5, 0.6) is 5.75 Å². The van der Waals surface area contributed by atoms with E-state index in [1.54, 1.807) is 0 Å². The van der Waals surface area contributed by atoms with Crippen LogP contribution in [0.25, 0.3) is 6.08 Å². The Labute approximate surface area is 135 Å². The highest BCUT2D eigenvalue weighted by Gasteiger charge is 2.24. The molecular weight excluding hydrogens is 322 g/mol. The molecule has 0 bridgehead atoms. The lowest BCUT2D eigenvalue weighted by atomic mass is 10.1. The highest BCUT2D eigenvalue weighted by molar-refractivity contribution is 6.14. The first-order valence-corrected chi connectivity index (χ1v) is 6.75. The lowest BCUT2D eigenvalue weighted by molar-refractivity contribution is -0.385. The molecule has 0 aliphatic carbocycles. The topological polar surface area (TPSA) is 137 Å². The van der Waals surface area contributed by atoms with Crippen molar-refractivity contribution in [1.29, 1.82) is 0 Å². The molecule has 1 aromatic carbocycles. The van der Waals surface area contributed by atoms with Gasteiger partial charge in [0.05, 0.1) is 10.5 Å². The third-order valence-electron chi connectivity index (χ3n) is 2.87. The lowest BCUT2D eigenvalue weighted by Crippen LogP contribution is -2.22. The van der Waals surface area contributed by atoms with Crippen molar-refractivity contribution in [2.45, 2.75) is 6.92 Å². The van der Waals surface area contributed by atoms with Crippen molar-refractivity contribution >= 4 is 29.7 Å². The summed E-state index contributed by atoms with van der Waals surface area (Å²) in [5, 5.41) is 15.3. The molecule has 3 amide bonds. The molecule has 0 radical (unpaired) electrons. The van der Waals surface area contributed by atoms with Gasteiger partial charge < -0.3 is 14.8 Å². The van der Waals surface area contributed by atoms with E-state index in [1.807, 2.05) is 5.32 Å². The number of benzene rings is 1. The second-order valence-corrected chi connectivity index (χ2v) is 4.63. The largest absolute Gasteiger partial charge is 0.490 e. The first kappa shape index (κ1) is 16.9. The van der Waals surface area contributed by atoms with Gasteiger partial charge in [0.25, 0.3) is 11.6 Å². The van der Waals surface area contributed by atoms with E-state index >= 15 is 0 Å². The zero-order chi connectivity index (χ0) is 17.7. The summed E-state index contributed by atoms with van der Waals surface area (Å²) >= 11 is 0. The molecular formula is C14H13N3O7. The molecule has 1 aromatic rings. The Morgan fingerprint density at radius 2 is 2.04 bits per heavy atom. The number of hydrogen-bond acceptors (Lipinski definition) is 7. The van der Waals surface area contributed by atoms with E-state index in [0.29, 0.717) is 0 Å². The van der Waals surface area contributed by atoms with Crippen LogP contribution in [-0.2, 0) is 14.3 Å². The quantitative estimate of drug-likeness (QED) is 0.195. The third-order valence-corrected chi connectivity index (χ3v) is 2.87. The summed E-state index contributed by atoms with van der Waals surface area (Å²) in [6.45, 7) is 1.35. The van der Waals surface area contributed by atoms with Crippen LogP contribution in [0.15, 0.2) is 23.9 Å². The van der Waals surface area contributed by atoms with Gasteiger partial charge in [-0.15, -0.1) is 0 Å². The van der Waals surface area contributed by atoms with Crippen LogP contribution < -0.4 is 15.4 Å². The van der Waals surface area contributed by atoms with Gasteiger partial charge in [-0.1, -0.05) is 0 Å². The Bertz CT molecular complexity index is 742. The molecule has 1 aliphatic rings. The first-order chi connectivity index (χ1) is 11.4. The SMILES string of the molecule is CC(=O)OCCOc1ccc([N+](=O)[O-])c(C=C2NC(=O)NC2=O)c1. The Morgan fingerprint density at radius 3 is 2.62 bits per heavy atom. The van der Waals surface area contributed by atoms with E-state index in [2.05, 4.69) is 5.32 Å². The van der Waals surface area contributed by atoms with Gasteiger partial charge in [-0.3, -0.25) is 25.0 Å². The van der Waals surface area contributed by atoms with Gasteiger partial charge in [0.2, 0.25) is 0 Å². The van der Waals surface area contributed by atoms with Gasteiger partial charge >= 0.3 is 12.0 Å². The summed E-state index contributed by atoms with van der Waals surface area (Å²) in [6, 6.07) is 3.22. The average Bonchev–Trinajstić information content (AvgIpc) is 2.81. The van der Waals surface area contributed by atoms with Crippen LogP contribution in [0.4, 0.5) is 10.5 Å². The van der Waals surface area contributed by atoms with Crippen molar-refractivity contribution in [3.05, 3.63) is 39.6 Å². The summed E-state index contributed by atoms with van der Waals surface area (Å²) in [4.78, 5) is 43.7. The van der Waals surface area contributed by atoms with Gasteiger partial charge in [0, 0.05) is 13.0 Å². The highest BCUT2D eigenvalue weighted by atomic mass is 16.6. The molecule has 0 saturated carbocycles. The lowest BCUT2D eigenvalue weighted by Gasteiger charge is -2.07. The summed E-state index contributed by atoms with van der Waals surface area (Å²) in [5.41, 5.74) is -0.290. The number of nitro benzene ring substituents is 1. The van der Waals surface area contributed by atoms with E-state index < -0.39 is 22.8 Å². The predicted molar refractivity (Wildman–Crippen MR) is 79.9 cm³/mol. The molecule has 10 nitrogen and oxygen atoms in total. The highest BCUT2D eigenvalue weighted by Crippen LogP contribution is 2.26. The van der Waals surface area contributed by atoms with Crippen molar-refractivity contribution in [3.63, 3.8) is 0 Å². The fraction of sp³-hybridized carbons (Fsp3) is 0.214. The number of imide groups is 1. The molecule has 1 heterocycles. The van der Waals surface area contributed by atoms with E-state index in [1.165, 1.54) is 31.2 Å². The zero-order valence-electron chi connectivity index (χ0n) is 12.5.